The van der Waals surface area contributed by atoms with Gasteiger partial charge in [0, 0.05) is 18.6 Å². The third kappa shape index (κ3) is 3.97. The predicted octanol–water partition coefficient (Wildman–Crippen LogP) is 4.51. The molecule has 2 nitrogen and oxygen atoms in total. The Morgan fingerprint density at radius 2 is 2.14 bits per heavy atom. The van der Waals surface area contributed by atoms with Crippen molar-refractivity contribution in [2.45, 2.75) is 59.0 Å². The number of rotatable bonds is 5. The molecule has 1 aliphatic rings. The maximum absolute atomic E-state index is 14.5. The molecule has 1 aliphatic heterocycles. The lowest BCUT2D eigenvalue weighted by atomic mass is 9.92. The van der Waals surface area contributed by atoms with E-state index in [0.717, 1.165) is 49.5 Å². The van der Waals surface area contributed by atoms with Crippen molar-refractivity contribution in [3.8, 4) is 0 Å². The topological polar surface area (TPSA) is 15.3 Å². The highest BCUT2D eigenvalue weighted by Gasteiger charge is 2.25. The molecule has 0 saturated carbocycles. The first kappa shape index (κ1) is 16.3. The van der Waals surface area contributed by atoms with Gasteiger partial charge in [-0.05, 0) is 63.3 Å². The van der Waals surface area contributed by atoms with Crippen molar-refractivity contribution in [3.63, 3.8) is 0 Å². The molecule has 3 unspecified atom stereocenters. The van der Waals surface area contributed by atoms with Crippen LogP contribution < -0.4 is 10.2 Å². The van der Waals surface area contributed by atoms with Crippen molar-refractivity contribution in [2.24, 2.45) is 5.92 Å². The van der Waals surface area contributed by atoms with Crippen LogP contribution >= 0.6 is 0 Å². The van der Waals surface area contributed by atoms with E-state index in [0.29, 0.717) is 6.04 Å². The fourth-order valence-corrected chi connectivity index (χ4v) is 3.27. The maximum atomic E-state index is 14.5. The Balaban J connectivity index is 2.12. The zero-order chi connectivity index (χ0) is 15.4. The van der Waals surface area contributed by atoms with Crippen LogP contribution in [0.2, 0.25) is 0 Å². The highest BCUT2D eigenvalue weighted by atomic mass is 19.1. The van der Waals surface area contributed by atoms with E-state index in [1.807, 2.05) is 6.07 Å². The van der Waals surface area contributed by atoms with Crippen LogP contribution in [0.3, 0.4) is 0 Å². The van der Waals surface area contributed by atoms with Crippen LogP contribution in [0.4, 0.5) is 10.1 Å². The van der Waals surface area contributed by atoms with Crippen LogP contribution in [0.5, 0.6) is 0 Å². The smallest absolute Gasteiger partial charge is 0.146 e. The summed E-state index contributed by atoms with van der Waals surface area (Å²) in [7, 11) is 0. The summed E-state index contributed by atoms with van der Waals surface area (Å²) in [6.45, 7) is 10.6. The summed E-state index contributed by atoms with van der Waals surface area (Å²) in [6.07, 6.45) is 3.39. The van der Waals surface area contributed by atoms with Crippen molar-refractivity contribution in [1.29, 1.82) is 0 Å². The van der Waals surface area contributed by atoms with E-state index in [-0.39, 0.29) is 11.9 Å². The quantitative estimate of drug-likeness (QED) is 0.859. The van der Waals surface area contributed by atoms with Gasteiger partial charge in [0.15, 0.2) is 0 Å². The molecule has 1 aromatic rings. The molecule has 1 aromatic carbocycles. The minimum Gasteiger partial charge on any atom is -0.366 e. The fraction of sp³-hybridized carbons (Fsp3) is 0.667. The van der Waals surface area contributed by atoms with Crippen molar-refractivity contribution in [1.82, 2.24) is 5.32 Å². The average Bonchev–Trinajstić information content (AvgIpc) is 2.45. The van der Waals surface area contributed by atoms with Gasteiger partial charge in [0.2, 0.25) is 0 Å². The van der Waals surface area contributed by atoms with E-state index in [9.17, 15) is 4.39 Å². The number of anilines is 1. The highest BCUT2D eigenvalue weighted by Crippen LogP contribution is 2.30. The summed E-state index contributed by atoms with van der Waals surface area (Å²) in [5.41, 5.74) is 1.79. The molecule has 1 heterocycles. The fourth-order valence-electron chi connectivity index (χ4n) is 3.27. The molecular formula is C18H29FN2. The molecule has 0 aromatic heterocycles. The summed E-state index contributed by atoms with van der Waals surface area (Å²) in [4.78, 5) is 2.23. The minimum absolute atomic E-state index is 0.0842. The van der Waals surface area contributed by atoms with Crippen molar-refractivity contribution >= 4 is 5.69 Å². The first-order valence-corrected chi connectivity index (χ1v) is 8.32. The van der Waals surface area contributed by atoms with Gasteiger partial charge >= 0.3 is 0 Å². The Labute approximate surface area is 128 Å². The van der Waals surface area contributed by atoms with E-state index in [1.54, 1.807) is 6.07 Å². The van der Waals surface area contributed by atoms with Gasteiger partial charge in [0.1, 0.15) is 5.82 Å². The lowest BCUT2D eigenvalue weighted by Gasteiger charge is -2.38. The third-order valence-electron chi connectivity index (χ3n) is 4.62. The van der Waals surface area contributed by atoms with Gasteiger partial charge in [0.25, 0.3) is 0 Å². The molecule has 21 heavy (non-hydrogen) atoms. The standard InChI is InChI=1S/C18H29FN2/c1-5-9-20-15(4)16-6-7-18(17(19)12-16)21-10-8-13(2)11-14(21)3/h6-7,12-15,20H,5,8-11H2,1-4H3. The first-order valence-electron chi connectivity index (χ1n) is 8.32. The van der Waals surface area contributed by atoms with Crippen molar-refractivity contribution in [2.75, 3.05) is 18.0 Å². The molecule has 1 saturated heterocycles. The van der Waals surface area contributed by atoms with Gasteiger partial charge in [-0.3, -0.25) is 0 Å². The summed E-state index contributed by atoms with van der Waals surface area (Å²) in [5, 5.41) is 3.41. The van der Waals surface area contributed by atoms with Crippen LogP contribution in [-0.4, -0.2) is 19.1 Å². The average molecular weight is 292 g/mol. The Bertz CT molecular complexity index is 461. The SMILES string of the molecule is CCCNC(C)c1ccc(N2CCC(C)CC2C)c(F)c1. The zero-order valence-electron chi connectivity index (χ0n) is 13.8. The van der Waals surface area contributed by atoms with Crippen LogP contribution in [0, 0.1) is 11.7 Å². The van der Waals surface area contributed by atoms with Crippen molar-refractivity contribution < 1.29 is 4.39 Å². The maximum Gasteiger partial charge on any atom is 0.146 e. The highest BCUT2D eigenvalue weighted by molar-refractivity contribution is 5.50. The number of piperidine rings is 1. The molecule has 0 aliphatic carbocycles. The Kier molecular flexibility index (Phi) is 5.63. The molecule has 0 spiro atoms. The Hall–Kier alpha value is -1.09. The predicted molar refractivity (Wildman–Crippen MR) is 88.3 cm³/mol. The molecule has 118 valence electrons. The first-order chi connectivity index (χ1) is 10.0. The largest absolute Gasteiger partial charge is 0.366 e. The second-order valence-electron chi connectivity index (χ2n) is 6.56. The van der Waals surface area contributed by atoms with Gasteiger partial charge in [-0.2, -0.15) is 0 Å². The van der Waals surface area contributed by atoms with E-state index in [4.69, 9.17) is 0 Å². The number of hydrogen-bond donors (Lipinski definition) is 1. The molecule has 2 rings (SSSR count). The Morgan fingerprint density at radius 3 is 2.76 bits per heavy atom. The molecular weight excluding hydrogens is 263 g/mol. The molecule has 1 fully saturated rings. The summed E-state index contributed by atoms with van der Waals surface area (Å²) in [6, 6.07) is 6.35. The third-order valence-corrected chi connectivity index (χ3v) is 4.62. The minimum atomic E-state index is -0.0842. The molecule has 3 heteroatoms. The van der Waals surface area contributed by atoms with Crippen LogP contribution in [0.25, 0.3) is 0 Å². The number of hydrogen-bond acceptors (Lipinski definition) is 2. The van der Waals surface area contributed by atoms with E-state index in [1.165, 1.54) is 0 Å². The van der Waals surface area contributed by atoms with Gasteiger partial charge < -0.3 is 10.2 Å². The van der Waals surface area contributed by atoms with Gasteiger partial charge in [-0.1, -0.05) is 19.9 Å². The van der Waals surface area contributed by atoms with Crippen LogP contribution in [-0.2, 0) is 0 Å². The second kappa shape index (κ2) is 7.26. The molecule has 3 atom stereocenters. The van der Waals surface area contributed by atoms with Gasteiger partial charge in [0.05, 0.1) is 5.69 Å². The van der Waals surface area contributed by atoms with Gasteiger partial charge in [-0.25, -0.2) is 4.39 Å². The number of benzene rings is 1. The summed E-state index contributed by atoms with van der Waals surface area (Å²) in [5.74, 6) is 0.663. The van der Waals surface area contributed by atoms with Crippen LogP contribution in [0.1, 0.15) is 58.6 Å². The van der Waals surface area contributed by atoms with E-state index in [2.05, 4.69) is 44.0 Å². The normalized spacial score (nSPS) is 24.1. The monoisotopic (exact) mass is 292 g/mol. The Morgan fingerprint density at radius 1 is 1.38 bits per heavy atom. The summed E-state index contributed by atoms with van der Waals surface area (Å²) >= 11 is 0. The summed E-state index contributed by atoms with van der Waals surface area (Å²) < 4.78 is 14.5. The van der Waals surface area contributed by atoms with Crippen molar-refractivity contribution in [3.05, 3.63) is 29.6 Å². The number of halogens is 1. The van der Waals surface area contributed by atoms with E-state index >= 15 is 0 Å². The second-order valence-corrected chi connectivity index (χ2v) is 6.56. The van der Waals surface area contributed by atoms with Crippen LogP contribution in [0.15, 0.2) is 18.2 Å². The molecule has 0 bridgehead atoms. The lowest BCUT2D eigenvalue weighted by molar-refractivity contribution is 0.374. The molecule has 0 amide bonds. The zero-order valence-corrected chi connectivity index (χ0v) is 13.8. The molecule has 1 N–H and O–H groups in total. The number of nitrogens with one attached hydrogen (secondary N) is 1. The number of nitrogens with zero attached hydrogens (tertiary/aromatic N) is 1. The molecule has 0 radical (unpaired) electrons. The van der Waals surface area contributed by atoms with E-state index < -0.39 is 0 Å². The lowest BCUT2D eigenvalue weighted by Crippen LogP contribution is -2.40. The van der Waals surface area contributed by atoms with Gasteiger partial charge in [-0.15, -0.1) is 0 Å².